The Morgan fingerprint density at radius 2 is 1.71 bits per heavy atom. The number of rotatable bonds is 6. The SMILES string of the molecule is O=C(NCc1ccc(Cl)cc1)/C(=C/c1ccc(C(=O)O)cc1)c1nc2ccccc2[nH]1. The Morgan fingerprint density at radius 3 is 2.39 bits per heavy atom. The number of fused-ring (bicyclic) bond motifs is 1. The number of carbonyl (C=O) groups is 2. The number of benzene rings is 3. The molecule has 0 fully saturated rings. The summed E-state index contributed by atoms with van der Waals surface area (Å²) in [6.07, 6.45) is 1.68. The van der Waals surface area contributed by atoms with Gasteiger partial charge in [-0.05, 0) is 53.6 Å². The van der Waals surface area contributed by atoms with Gasteiger partial charge in [0, 0.05) is 11.6 Å². The van der Waals surface area contributed by atoms with Crippen molar-refractivity contribution in [3.8, 4) is 0 Å². The molecule has 0 aliphatic heterocycles. The number of imidazole rings is 1. The molecule has 7 heteroatoms. The van der Waals surface area contributed by atoms with E-state index in [0.29, 0.717) is 28.5 Å². The molecule has 1 amide bonds. The first-order valence-electron chi connectivity index (χ1n) is 9.52. The van der Waals surface area contributed by atoms with Crippen molar-refractivity contribution in [1.29, 1.82) is 0 Å². The molecule has 154 valence electrons. The first-order chi connectivity index (χ1) is 15.0. The van der Waals surface area contributed by atoms with E-state index in [1.807, 2.05) is 36.4 Å². The summed E-state index contributed by atoms with van der Waals surface area (Å²) >= 11 is 5.92. The molecular weight excluding hydrogens is 414 g/mol. The van der Waals surface area contributed by atoms with Crippen LogP contribution in [-0.2, 0) is 11.3 Å². The van der Waals surface area contributed by atoms with Gasteiger partial charge in [-0.15, -0.1) is 0 Å². The Bertz CT molecular complexity index is 1240. The van der Waals surface area contributed by atoms with Crippen molar-refractivity contribution >= 4 is 46.2 Å². The normalized spacial score (nSPS) is 11.5. The van der Waals surface area contributed by atoms with E-state index in [1.165, 1.54) is 12.1 Å². The van der Waals surface area contributed by atoms with E-state index in [4.69, 9.17) is 16.7 Å². The van der Waals surface area contributed by atoms with Gasteiger partial charge >= 0.3 is 5.97 Å². The van der Waals surface area contributed by atoms with Crippen molar-refractivity contribution < 1.29 is 14.7 Å². The van der Waals surface area contributed by atoms with E-state index in [-0.39, 0.29) is 11.5 Å². The molecule has 0 radical (unpaired) electrons. The van der Waals surface area contributed by atoms with Gasteiger partial charge < -0.3 is 15.4 Å². The maximum absolute atomic E-state index is 13.1. The van der Waals surface area contributed by atoms with Crippen LogP contribution in [0.5, 0.6) is 0 Å². The van der Waals surface area contributed by atoms with Gasteiger partial charge in [0.25, 0.3) is 5.91 Å². The van der Waals surface area contributed by atoms with Crippen molar-refractivity contribution in [2.24, 2.45) is 0 Å². The molecule has 0 atom stereocenters. The van der Waals surface area contributed by atoms with Crippen LogP contribution in [0.1, 0.15) is 27.3 Å². The van der Waals surface area contributed by atoms with E-state index < -0.39 is 5.97 Å². The van der Waals surface area contributed by atoms with E-state index in [1.54, 1.807) is 30.3 Å². The summed E-state index contributed by atoms with van der Waals surface area (Å²) in [5, 5.41) is 12.6. The van der Waals surface area contributed by atoms with E-state index in [2.05, 4.69) is 15.3 Å². The van der Waals surface area contributed by atoms with Crippen LogP contribution in [0.15, 0.2) is 72.8 Å². The molecule has 0 aliphatic rings. The highest BCUT2D eigenvalue weighted by atomic mass is 35.5. The first-order valence-corrected chi connectivity index (χ1v) is 9.90. The number of carboxylic acids is 1. The third kappa shape index (κ3) is 4.82. The average molecular weight is 432 g/mol. The van der Waals surface area contributed by atoms with Gasteiger partial charge in [0.15, 0.2) is 0 Å². The van der Waals surface area contributed by atoms with Gasteiger partial charge in [0.2, 0.25) is 0 Å². The Labute approximate surface area is 183 Å². The molecule has 0 saturated heterocycles. The molecule has 0 bridgehead atoms. The lowest BCUT2D eigenvalue weighted by Gasteiger charge is -2.08. The number of nitrogens with zero attached hydrogens (tertiary/aromatic N) is 1. The Morgan fingerprint density at radius 1 is 1.00 bits per heavy atom. The van der Waals surface area contributed by atoms with Gasteiger partial charge in [-0.3, -0.25) is 4.79 Å². The Kier molecular flexibility index (Phi) is 5.82. The van der Waals surface area contributed by atoms with Crippen LogP contribution < -0.4 is 5.32 Å². The Balaban J connectivity index is 1.66. The molecule has 0 saturated carbocycles. The predicted molar refractivity (Wildman–Crippen MR) is 121 cm³/mol. The van der Waals surface area contributed by atoms with E-state index in [9.17, 15) is 9.59 Å². The third-order valence-electron chi connectivity index (χ3n) is 4.72. The smallest absolute Gasteiger partial charge is 0.335 e. The highest BCUT2D eigenvalue weighted by Gasteiger charge is 2.16. The zero-order chi connectivity index (χ0) is 21.8. The lowest BCUT2D eigenvalue weighted by Crippen LogP contribution is -2.24. The highest BCUT2D eigenvalue weighted by molar-refractivity contribution is 6.30. The number of hydrogen-bond donors (Lipinski definition) is 3. The fourth-order valence-electron chi connectivity index (χ4n) is 3.09. The summed E-state index contributed by atoms with van der Waals surface area (Å²) in [5.74, 6) is -0.887. The monoisotopic (exact) mass is 431 g/mol. The fourth-order valence-corrected chi connectivity index (χ4v) is 3.22. The first kappa shape index (κ1) is 20.4. The minimum Gasteiger partial charge on any atom is -0.478 e. The van der Waals surface area contributed by atoms with Crippen molar-refractivity contribution in [1.82, 2.24) is 15.3 Å². The van der Waals surface area contributed by atoms with Gasteiger partial charge in [-0.2, -0.15) is 0 Å². The zero-order valence-electron chi connectivity index (χ0n) is 16.3. The summed E-state index contributed by atoms with van der Waals surface area (Å²) in [4.78, 5) is 31.9. The maximum Gasteiger partial charge on any atom is 0.335 e. The van der Waals surface area contributed by atoms with Crippen LogP contribution in [0.25, 0.3) is 22.7 Å². The largest absolute Gasteiger partial charge is 0.478 e. The number of aromatic nitrogens is 2. The lowest BCUT2D eigenvalue weighted by atomic mass is 10.1. The molecule has 0 spiro atoms. The van der Waals surface area contributed by atoms with Crippen molar-refractivity contribution in [2.75, 3.05) is 0 Å². The van der Waals surface area contributed by atoms with Crippen molar-refractivity contribution in [3.05, 3.63) is 100 Å². The number of carboxylic acid groups (broad SMARTS) is 1. The van der Waals surface area contributed by atoms with Crippen molar-refractivity contribution in [3.63, 3.8) is 0 Å². The molecular formula is C24H18ClN3O3. The molecule has 31 heavy (non-hydrogen) atoms. The van der Waals surface area contributed by atoms with E-state index in [0.717, 1.165) is 16.6 Å². The van der Waals surface area contributed by atoms with Crippen LogP contribution in [0.2, 0.25) is 5.02 Å². The van der Waals surface area contributed by atoms with Gasteiger partial charge in [0.05, 0.1) is 22.2 Å². The minimum absolute atomic E-state index is 0.176. The second-order valence-corrected chi connectivity index (χ2v) is 7.33. The lowest BCUT2D eigenvalue weighted by molar-refractivity contribution is -0.115. The molecule has 1 aromatic heterocycles. The average Bonchev–Trinajstić information content (AvgIpc) is 3.21. The predicted octanol–water partition coefficient (Wildman–Crippen LogP) is 4.77. The minimum atomic E-state index is -1.01. The summed E-state index contributed by atoms with van der Waals surface area (Å²) in [7, 11) is 0. The van der Waals surface area contributed by atoms with Crippen molar-refractivity contribution in [2.45, 2.75) is 6.54 Å². The Hall–Kier alpha value is -3.90. The van der Waals surface area contributed by atoms with Gasteiger partial charge in [0.1, 0.15) is 5.82 Å². The van der Waals surface area contributed by atoms with Gasteiger partial charge in [-0.1, -0.05) is 48.0 Å². The van der Waals surface area contributed by atoms with Crippen LogP contribution in [-0.4, -0.2) is 27.0 Å². The summed E-state index contributed by atoms with van der Waals surface area (Å²) in [6.45, 7) is 0.325. The third-order valence-corrected chi connectivity index (χ3v) is 4.98. The molecule has 6 nitrogen and oxygen atoms in total. The van der Waals surface area contributed by atoms with Crippen LogP contribution in [0, 0.1) is 0 Å². The molecule has 4 aromatic rings. The highest BCUT2D eigenvalue weighted by Crippen LogP contribution is 2.21. The van der Waals surface area contributed by atoms with E-state index >= 15 is 0 Å². The zero-order valence-corrected chi connectivity index (χ0v) is 17.1. The second kappa shape index (κ2) is 8.85. The summed E-state index contributed by atoms with van der Waals surface area (Å²) in [6, 6.07) is 21.0. The van der Waals surface area contributed by atoms with Crippen LogP contribution in [0.3, 0.4) is 0 Å². The number of H-pyrrole nitrogens is 1. The number of amides is 1. The molecule has 4 rings (SSSR count). The number of halogens is 1. The molecule has 3 aromatic carbocycles. The van der Waals surface area contributed by atoms with Crippen LogP contribution >= 0.6 is 11.6 Å². The number of para-hydroxylation sites is 2. The summed E-state index contributed by atoms with van der Waals surface area (Å²) in [5.41, 5.74) is 3.67. The molecule has 0 unspecified atom stereocenters. The number of aromatic amines is 1. The fraction of sp³-hybridized carbons (Fsp3) is 0.0417. The van der Waals surface area contributed by atoms with Crippen LogP contribution in [0.4, 0.5) is 0 Å². The number of hydrogen-bond acceptors (Lipinski definition) is 3. The molecule has 1 heterocycles. The molecule has 3 N–H and O–H groups in total. The topological polar surface area (TPSA) is 95.1 Å². The molecule has 0 aliphatic carbocycles. The second-order valence-electron chi connectivity index (χ2n) is 6.90. The summed E-state index contributed by atoms with van der Waals surface area (Å²) < 4.78 is 0. The standard InChI is InChI=1S/C24H18ClN3O3/c25-18-11-7-16(8-12-18)14-26-23(29)19(13-15-5-9-17(10-6-15)24(30)31)22-27-20-3-1-2-4-21(20)28-22/h1-13H,14H2,(H,26,29)(H,27,28)(H,30,31)/b19-13+. The quantitative estimate of drug-likeness (QED) is 0.383. The number of aromatic carboxylic acids is 1. The number of carbonyl (C=O) groups excluding carboxylic acids is 1. The number of nitrogens with one attached hydrogen (secondary N) is 2. The maximum atomic E-state index is 13.1. The van der Waals surface area contributed by atoms with Gasteiger partial charge in [-0.25, -0.2) is 9.78 Å².